The summed E-state index contributed by atoms with van der Waals surface area (Å²) >= 11 is 0.932. The monoisotopic (exact) mass is 992 g/mol. The molecule has 3 unspecified atom stereocenters. The van der Waals surface area contributed by atoms with Crippen LogP contribution in [0.5, 0.6) is 0 Å². The number of oxime groups is 1. The lowest BCUT2D eigenvalue weighted by atomic mass is 9.99. The molecule has 1 aromatic heterocycles. The average Bonchev–Trinajstić information content (AvgIpc) is 3.51. The molecule has 4 saturated heterocycles. The van der Waals surface area contributed by atoms with Crippen LogP contribution in [0, 0.1) is 0 Å². The summed E-state index contributed by atoms with van der Waals surface area (Å²) in [4.78, 5) is 93.8. The first-order valence-corrected chi connectivity index (χ1v) is 24.0. The molecule has 25 heteroatoms. The summed E-state index contributed by atoms with van der Waals surface area (Å²) in [6, 6.07) is -1.48. The van der Waals surface area contributed by atoms with Crippen LogP contribution in [0.2, 0.25) is 0 Å². The maximum Gasteiger partial charge on any atom is 0.413 e. The van der Waals surface area contributed by atoms with Gasteiger partial charge in [-0.25, -0.2) is 19.4 Å². The summed E-state index contributed by atoms with van der Waals surface area (Å²) < 4.78 is 40.6. The van der Waals surface area contributed by atoms with Crippen LogP contribution < -0.4 is 10.6 Å². The third-order valence-corrected chi connectivity index (χ3v) is 13.8. The minimum Gasteiger partial charge on any atom is -0.565 e. The topological polar surface area (TPSA) is 231 Å². The smallest absolute Gasteiger partial charge is 0.413 e. The number of nitrogens with one attached hydrogen (secondary N) is 2. The van der Waals surface area contributed by atoms with E-state index < -0.39 is 74.6 Å². The first kappa shape index (κ1) is 52.3. The third kappa shape index (κ3) is 12.1. The van der Waals surface area contributed by atoms with Crippen LogP contribution in [-0.2, 0) is 62.8 Å². The molecular formula is C41H57BN7O13P2S2+. The van der Waals surface area contributed by atoms with E-state index in [1.54, 1.807) is 59.4 Å². The van der Waals surface area contributed by atoms with E-state index in [0.717, 1.165) is 16.2 Å². The first-order chi connectivity index (χ1) is 30.8. The summed E-state index contributed by atoms with van der Waals surface area (Å²) in [6.07, 6.45) is 3.50. The van der Waals surface area contributed by atoms with Crippen molar-refractivity contribution in [2.24, 2.45) is 5.16 Å². The molecule has 0 aromatic carbocycles. The number of esters is 1. The number of β-lactam (4-membered cyclic amide) rings is 1. The van der Waals surface area contributed by atoms with Gasteiger partial charge in [0.1, 0.15) is 46.3 Å². The average molecular weight is 993 g/mol. The number of quaternary nitrogens is 1. The van der Waals surface area contributed by atoms with Gasteiger partial charge in [0.05, 0.1) is 61.7 Å². The summed E-state index contributed by atoms with van der Waals surface area (Å²) in [5, 5.41) is 9.33. The Balaban J connectivity index is 1.38. The van der Waals surface area contributed by atoms with Gasteiger partial charge in [-0.2, -0.15) is 0 Å². The molecule has 358 valence electrons. The second kappa shape index (κ2) is 20.7. The zero-order valence-corrected chi connectivity index (χ0v) is 42.4. The molecule has 6 rings (SSSR count). The molecule has 1 aromatic rings. The predicted octanol–water partition coefficient (Wildman–Crippen LogP) is 3.41. The zero-order chi connectivity index (χ0) is 49.1. The number of rotatable bonds is 15. The van der Waals surface area contributed by atoms with Crippen LogP contribution in [0.3, 0.4) is 0 Å². The fourth-order valence-electron chi connectivity index (χ4n) is 7.75. The first-order valence-electron chi connectivity index (χ1n) is 20.8. The van der Waals surface area contributed by atoms with Crippen molar-refractivity contribution in [3.05, 3.63) is 58.2 Å². The highest BCUT2D eigenvalue weighted by molar-refractivity contribution is 7.86. The van der Waals surface area contributed by atoms with E-state index >= 15 is 0 Å². The Kier molecular flexibility index (Phi) is 16.4. The molecule has 2 radical (unpaired) electrons. The Morgan fingerprint density at radius 3 is 2.26 bits per heavy atom. The Morgan fingerprint density at radius 1 is 1.03 bits per heavy atom. The van der Waals surface area contributed by atoms with Crippen molar-refractivity contribution < 1.29 is 65.5 Å². The van der Waals surface area contributed by atoms with Crippen LogP contribution in [0.4, 0.5) is 9.93 Å². The minimum absolute atomic E-state index is 0.0299. The SMILES string of the molecule is [B]OC(=C/C(=C)C(=O)N1CC[N+]2(CC3=C(C(=O)OP)N4C(=O)[C@@H](NC(=O)/C(=N\OC(C)(C)C(=O)OC(C)(C)C)c5csc(NC(=O)OC(C)(C)C)n5)[C@H]4S(=O)C3)CCC1CC2)/C(=C\C)OP. The van der Waals surface area contributed by atoms with Crippen molar-refractivity contribution in [3.63, 3.8) is 0 Å². The van der Waals surface area contributed by atoms with Gasteiger partial charge < -0.3 is 42.7 Å². The number of aromatic nitrogens is 1. The Labute approximate surface area is 396 Å². The quantitative estimate of drug-likeness (QED) is 0.0245. The molecule has 4 amide bonds. The highest BCUT2D eigenvalue weighted by atomic mass is 32.2. The van der Waals surface area contributed by atoms with Gasteiger partial charge in [-0.3, -0.25) is 28.8 Å². The van der Waals surface area contributed by atoms with Crippen LogP contribution in [0.25, 0.3) is 0 Å². The summed E-state index contributed by atoms with van der Waals surface area (Å²) in [6.45, 7) is 20.9. The zero-order valence-electron chi connectivity index (χ0n) is 38.4. The number of anilines is 1. The van der Waals surface area contributed by atoms with Crippen molar-refractivity contribution in [2.45, 2.75) is 109 Å². The van der Waals surface area contributed by atoms with Gasteiger partial charge >= 0.3 is 26.1 Å². The normalized spacial score (nSPS) is 23.7. The molecule has 5 atom stereocenters. The van der Waals surface area contributed by atoms with Gasteiger partial charge in [0, 0.05) is 35.4 Å². The molecule has 5 aliphatic heterocycles. The summed E-state index contributed by atoms with van der Waals surface area (Å²) in [5.41, 5.74) is -3.50. The number of ether oxygens (including phenoxy) is 2. The van der Waals surface area contributed by atoms with Gasteiger partial charge in [0.15, 0.2) is 16.6 Å². The van der Waals surface area contributed by atoms with Crippen LogP contribution >= 0.6 is 30.3 Å². The summed E-state index contributed by atoms with van der Waals surface area (Å²) in [5.74, 6) is -3.39. The van der Waals surface area contributed by atoms with Gasteiger partial charge in [-0.1, -0.05) is 11.7 Å². The number of hydrogen-bond donors (Lipinski definition) is 2. The van der Waals surface area contributed by atoms with Gasteiger partial charge in [0.2, 0.25) is 5.60 Å². The van der Waals surface area contributed by atoms with E-state index in [0.29, 0.717) is 54.8 Å². The fourth-order valence-corrected chi connectivity index (χ4v) is 10.5. The molecule has 66 heavy (non-hydrogen) atoms. The molecule has 4 fully saturated rings. The number of thiazole rings is 1. The summed E-state index contributed by atoms with van der Waals surface area (Å²) in [7, 11) is 7.60. The van der Waals surface area contributed by atoms with E-state index in [2.05, 4.69) is 36.8 Å². The van der Waals surface area contributed by atoms with Crippen molar-refractivity contribution >= 4 is 95.7 Å². The standard InChI is InChI=1S/C41H56BN7O13P2S2/c1-11-26(60-63)27(59-42)18-22(2)32(51)47-14-17-49(15-12-24(47)13-16-49)19-23-21-66(56)34-29(33(52)48(34)30(23)35(53)61-64)44-31(50)28(46-62-41(9,10)36(54)57-39(3,4)5)25-20-65-37(43-25)45-38(55)58-40(6,7)8/h11,18,20,24,29,34H,2,12-17,19,21,63-64H2,1,3-10H3,(H-,43,44,45,50,55)/p+1/b26-11+,27-18+,46-28-/t24?,29-,34-,49?,66?/m1/s1. The number of hydrogen-bond acceptors (Lipinski definition) is 16. The molecule has 2 bridgehead atoms. The lowest BCUT2D eigenvalue weighted by Crippen LogP contribution is -2.74. The van der Waals surface area contributed by atoms with Crippen LogP contribution in [0.1, 0.15) is 80.8 Å². The maximum absolute atomic E-state index is 14.2. The molecule has 6 heterocycles. The van der Waals surface area contributed by atoms with Crippen LogP contribution in [0.15, 0.2) is 57.6 Å². The number of carbonyl (C=O) groups is 6. The number of amides is 4. The lowest BCUT2D eigenvalue weighted by Gasteiger charge is -2.50. The number of nitrogens with zero attached hydrogens (tertiary/aromatic N) is 5. The van der Waals surface area contributed by atoms with Gasteiger partial charge in [-0.15, -0.1) is 11.3 Å². The van der Waals surface area contributed by atoms with E-state index in [-0.39, 0.29) is 52.1 Å². The van der Waals surface area contributed by atoms with Crippen molar-refractivity contribution in [3.8, 4) is 0 Å². The highest BCUT2D eigenvalue weighted by Gasteiger charge is 2.58. The Morgan fingerprint density at radius 2 is 1.68 bits per heavy atom. The van der Waals surface area contributed by atoms with E-state index in [9.17, 15) is 33.0 Å². The predicted molar refractivity (Wildman–Crippen MR) is 251 cm³/mol. The third-order valence-electron chi connectivity index (χ3n) is 10.9. The molecule has 20 nitrogen and oxygen atoms in total. The highest BCUT2D eigenvalue weighted by Crippen LogP contribution is 2.38. The minimum atomic E-state index is -1.84. The van der Waals surface area contributed by atoms with Crippen molar-refractivity contribution in [1.82, 2.24) is 20.1 Å². The molecule has 0 saturated carbocycles. The molecule has 0 spiro atoms. The number of allylic oxidation sites excluding steroid dienone is 1. The van der Waals surface area contributed by atoms with Crippen molar-refractivity contribution in [1.29, 1.82) is 0 Å². The van der Waals surface area contributed by atoms with Gasteiger partial charge in [0.25, 0.3) is 17.7 Å². The number of carbonyl (C=O) groups excluding carboxylic acids is 6. The van der Waals surface area contributed by atoms with Crippen molar-refractivity contribution in [2.75, 3.05) is 43.8 Å². The van der Waals surface area contributed by atoms with Crippen LogP contribution in [-0.4, -0.2) is 146 Å². The van der Waals surface area contributed by atoms with E-state index in [1.807, 2.05) is 9.47 Å². The van der Waals surface area contributed by atoms with E-state index in [4.69, 9.17) is 36.1 Å². The molecule has 5 aliphatic rings. The number of fused-ring (bicyclic) bond motifs is 5. The molecule has 2 N–H and O–H groups in total. The Hall–Kier alpha value is -4.69. The molecule has 0 aliphatic carbocycles. The molecular weight excluding hydrogens is 935 g/mol. The number of piperidine rings is 1. The Bertz CT molecular complexity index is 2300. The van der Waals surface area contributed by atoms with E-state index in [1.165, 1.54) is 25.3 Å². The lowest BCUT2D eigenvalue weighted by molar-refractivity contribution is -0.924. The second-order valence-electron chi connectivity index (χ2n) is 18.5. The fraction of sp³-hybridized carbons (Fsp3) is 0.561. The largest absolute Gasteiger partial charge is 0.565 e. The van der Waals surface area contributed by atoms with Gasteiger partial charge in [-0.05, 0) is 74.5 Å². The maximum atomic E-state index is 14.2. The second-order valence-corrected chi connectivity index (χ2v) is 21.3.